The largest absolute Gasteiger partial charge is 0.508 e. The fraction of sp³-hybridized carbons (Fsp3) is 0.250. The molecule has 0 spiro atoms. The maximum Gasteiger partial charge on any atom is 0.115 e. The first-order valence-corrected chi connectivity index (χ1v) is 7.22. The molecule has 0 aliphatic carbocycles. The second-order valence-electron chi connectivity index (χ2n) is 4.60. The number of rotatable bonds is 5. The highest BCUT2D eigenvalue weighted by molar-refractivity contribution is 7.99. The zero-order valence-corrected chi connectivity index (χ0v) is 11.7. The summed E-state index contributed by atoms with van der Waals surface area (Å²) in [6.45, 7) is 1.81. The normalized spacial score (nSPS) is 14.0. The van der Waals surface area contributed by atoms with E-state index < -0.39 is 0 Å². The van der Waals surface area contributed by atoms with Gasteiger partial charge >= 0.3 is 0 Å². The Bertz CT molecular complexity index is 494. The van der Waals surface area contributed by atoms with E-state index in [2.05, 4.69) is 12.1 Å². The summed E-state index contributed by atoms with van der Waals surface area (Å²) >= 11 is 1.71. The number of thioether (sulfide) groups is 1. The Balaban J connectivity index is 2.16. The summed E-state index contributed by atoms with van der Waals surface area (Å²) in [6, 6.07) is 17.4. The van der Waals surface area contributed by atoms with Gasteiger partial charge in [-0.3, -0.25) is 0 Å². The molecule has 0 fully saturated rings. The summed E-state index contributed by atoms with van der Waals surface area (Å²) in [5.41, 5.74) is 1.21. The maximum atomic E-state index is 9.65. The molecule has 19 heavy (non-hydrogen) atoms. The Morgan fingerprint density at radius 1 is 1.00 bits per heavy atom. The summed E-state index contributed by atoms with van der Waals surface area (Å²) in [7, 11) is 0. The molecule has 0 aliphatic heterocycles. The van der Waals surface area contributed by atoms with Crippen LogP contribution in [-0.2, 0) is 0 Å². The highest BCUT2D eigenvalue weighted by Gasteiger charge is 2.15. The number of hydrogen-bond donors (Lipinski definition) is 2. The molecule has 2 N–H and O–H groups in total. The van der Waals surface area contributed by atoms with E-state index in [0.29, 0.717) is 6.42 Å². The lowest BCUT2D eigenvalue weighted by molar-refractivity contribution is 0.184. The maximum absolute atomic E-state index is 9.65. The fourth-order valence-electron chi connectivity index (χ4n) is 1.92. The molecule has 0 saturated heterocycles. The molecule has 0 radical (unpaired) electrons. The Labute approximate surface area is 118 Å². The third-order valence-electron chi connectivity index (χ3n) is 2.84. The van der Waals surface area contributed by atoms with Crippen LogP contribution >= 0.6 is 11.8 Å². The predicted octanol–water partition coefficient (Wildman–Crippen LogP) is 4.00. The standard InChI is InChI=1S/C16H18O2S/c1-12(17)11-16(13-5-3-2-4-6-13)19-15-9-7-14(18)8-10-15/h2-10,12,16-18H,11H2,1H3. The van der Waals surface area contributed by atoms with Gasteiger partial charge in [0.15, 0.2) is 0 Å². The number of aliphatic hydroxyl groups excluding tert-OH is 1. The van der Waals surface area contributed by atoms with Crippen molar-refractivity contribution >= 4 is 11.8 Å². The van der Waals surface area contributed by atoms with Crippen LogP contribution in [0.25, 0.3) is 0 Å². The number of hydrogen-bond acceptors (Lipinski definition) is 3. The van der Waals surface area contributed by atoms with Gasteiger partial charge < -0.3 is 10.2 Å². The number of phenols is 1. The van der Waals surface area contributed by atoms with Crippen LogP contribution in [0.1, 0.15) is 24.2 Å². The van der Waals surface area contributed by atoms with E-state index in [1.807, 2.05) is 37.3 Å². The van der Waals surface area contributed by atoms with E-state index in [4.69, 9.17) is 0 Å². The van der Waals surface area contributed by atoms with Gasteiger partial charge in [-0.05, 0) is 43.2 Å². The molecule has 0 saturated carbocycles. The smallest absolute Gasteiger partial charge is 0.115 e. The van der Waals surface area contributed by atoms with Crippen LogP contribution in [0.4, 0.5) is 0 Å². The molecule has 0 aromatic heterocycles. The van der Waals surface area contributed by atoms with E-state index in [-0.39, 0.29) is 17.1 Å². The predicted molar refractivity (Wildman–Crippen MR) is 79.4 cm³/mol. The summed E-state index contributed by atoms with van der Waals surface area (Å²) in [5.74, 6) is 0.274. The molecule has 2 rings (SSSR count). The van der Waals surface area contributed by atoms with E-state index in [9.17, 15) is 10.2 Å². The molecule has 100 valence electrons. The molecule has 0 bridgehead atoms. The van der Waals surface area contributed by atoms with Crippen molar-refractivity contribution in [1.82, 2.24) is 0 Å². The lowest BCUT2D eigenvalue weighted by atomic mass is 10.1. The minimum Gasteiger partial charge on any atom is -0.508 e. The molecule has 3 heteroatoms. The SMILES string of the molecule is CC(O)CC(Sc1ccc(O)cc1)c1ccccc1. The van der Waals surface area contributed by atoms with E-state index in [0.717, 1.165) is 4.90 Å². The molecule has 0 amide bonds. The lowest BCUT2D eigenvalue weighted by Crippen LogP contribution is -2.06. The van der Waals surface area contributed by atoms with Gasteiger partial charge in [0.05, 0.1) is 6.10 Å². The van der Waals surface area contributed by atoms with Crippen molar-refractivity contribution in [3.63, 3.8) is 0 Å². The van der Waals surface area contributed by atoms with Gasteiger partial charge in [0, 0.05) is 10.1 Å². The van der Waals surface area contributed by atoms with E-state index in [1.165, 1.54) is 5.56 Å². The van der Waals surface area contributed by atoms with Gasteiger partial charge in [0.2, 0.25) is 0 Å². The Kier molecular flexibility index (Phi) is 4.88. The second-order valence-corrected chi connectivity index (χ2v) is 5.87. The molecule has 0 aliphatic rings. The van der Waals surface area contributed by atoms with Crippen molar-refractivity contribution in [3.05, 3.63) is 60.2 Å². The average molecular weight is 274 g/mol. The topological polar surface area (TPSA) is 40.5 Å². The van der Waals surface area contributed by atoms with Gasteiger partial charge in [0.25, 0.3) is 0 Å². The summed E-state index contributed by atoms with van der Waals surface area (Å²) < 4.78 is 0. The highest BCUT2D eigenvalue weighted by atomic mass is 32.2. The van der Waals surface area contributed by atoms with Crippen LogP contribution in [0.3, 0.4) is 0 Å². The fourth-order valence-corrected chi connectivity index (χ4v) is 3.21. The number of aliphatic hydroxyl groups is 1. The minimum absolute atomic E-state index is 0.214. The molecule has 0 heterocycles. The van der Waals surface area contributed by atoms with Crippen LogP contribution in [0.5, 0.6) is 5.75 Å². The molecule has 2 aromatic rings. The van der Waals surface area contributed by atoms with Gasteiger partial charge in [0.1, 0.15) is 5.75 Å². The van der Waals surface area contributed by atoms with Crippen LogP contribution < -0.4 is 0 Å². The first-order chi connectivity index (χ1) is 9.15. The quantitative estimate of drug-likeness (QED) is 0.810. The summed E-state index contributed by atoms with van der Waals surface area (Å²) in [5, 5.41) is 19.2. The van der Waals surface area contributed by atoms with Crippen LogP contribution in [0, 0.1) is 0 Å². The second kappa shape index (κ2) is 6.64. The van der Waals surface area contributed by atoms with E-state index in [1.54, 1.807) is 23.9 Å². The molecular weight excluding hydrogens is 256 g/mol. The van der Waals surface area contributed by atoms with Crippen molar-refractivity contribution < 1.29 is 10.2 Å². The van der Waals surface area contributed by atoms with Gasteiger partial charge in [-0.15, -0.1) is 11.8 Å². The zero-order chi connectivity index (χ0) is 13.7. The molecule has 2 nitrogen and oxygen atoms in total. The van der Waals surface area contributed by atoms with Crippen LogP contribution in [0.15, 0.2) is 59.5 Å². The van der Waals surface area contributed by atoms with Gasteiger partial charge in [-0.25, -0.2) is 0 Å². The van der Waals surface area contributed by atoms with Crippen molar-refractivity contribution in [1.29, 1.82) is 0 Å². The lowest BCUT2D eigenvalue weighted by Gasteiger charge is -2.18. The van der Waals surface area contributed by atoms with Gasteiger partial charge in [-0.2, -0.15) is 0 Å². The third kappa shape index (κ3) is 4.30. The minimum atomic E-state index is -0.338. The average Bonchev–Trinajstić information content (AvgIpc) is 2.41. The third-order valence-corrected chi connectivity index (χ3v) is 4.14. The molecule has 2 atom stereocenters. The number of phenolic OH excluding ortho intramolecular Hbond substituents is 1. The van der Waals surface area contributed by atoms with Crippen molar-refractivity contribution in [2.24, 2.45) is 0 Å². The van der Waals surface area contributed by atoms with E-state index >= 15 is 0 Å². The van der Waals surface area contributed by atoms with Gasteiger partial charge in [-0.1, -0.05) is 30.3 Å². The number of benzene rings is 2. The first-order valence-electron chi connectivity index (χ1n) is 6.34. The summed E-state index contributed by atoms with van der Waals surface area (Å²) in [4.78, 5) is 1.09. The first kappa shape index (κ1) is 14.0. The number of aromatic hydroxyl groups is 1. The Hall–Kier alpha value is -1.45. The molecule has 2 aromatic carbocycles. The Morgan fingerprint density at radius 2 is 1.63 bits per heavy atom. The van der Waals surface area contributed by atoms with Crippen molar-refractivity contribution in [2.45, 2.75) is 29.6 Å². The van der Waals surface area contributed by atoms with Crippen LogP contribution in [0.2, 0.25) is 0 Å². The Morgan fingerprint density at radius 3 is 2.21 bits per heavy atom. The summed E-state index contributed by atoms with van der Waals surface area (Å²) in [6.07, 6.45) is 0.366. The van der Waals surface area contributed by atoms with Crippen LogP contribution in [-0.4, -0.2) is 16.3 Å². The molecule has 2 unspecified atom stereocenters. The zero-order valence-electron chi connectivity index (χ0n) is 10.9. The van der Waals surface area contributed by atoms with Crippen molar-refractivity contribution in [2.75, 3.05) is 0 Å². The highest BCUT2D eigenvalue weighted by Crippen LogP contribution is 2.38. The van der Waals surface area contributed by atoms with Crippen molar-refractivity contribution in [3.8, 4) is 5.75 Å². The monoisotopic (exact) mass is 274 g/mol. The molecular formula is C16H18O2S.